The van der Waals surface area contributed by atoms with Gasteiger partial charge in [-0.1, -0.05) is 6.07 Å². The average molecular weight is 315 g/mol. The summed E-state index contributed by atoms with van der Waals surface area (Å²) in [6.07, 6.45) is 0. The minimum atomic E-state index is -0.698. The molecule has 0 fully saturated rings. The number of halogens is 1. The Kier molecular flexibility index (Phi) is 5.80. The van der Waals surface area contributed by atoms with E-state index in [0.717, 1.165) is 10.0 Å². The van der Waals surface area contributed by atoms with Gasteiger partial charge in [0.05, 0.1) is 12.3 Å². The van der Waals surface area contributed by atoms with Crippen molar-refractivity contribution in [3.05, 3.63) is 28.2 Å². The molecule has 0 aliphatic rings. The highest BCUT2D eigenvalue weighted by molar-refractivity contribution is 9.10. The first-order chi connectivity index (χ1) is 8.54. The highest BCUT2D eigenvalue weighted by atomic mass is 79.9. The van der Waals surface area contributed by atoms with E-state index in [1.807, 2.05) is 19.1 Å². The molecule has 2 amide bonds. The van der Waals surface area contributed by atoms with Crippen LogP contribution in [0.2, 0.25) is 0 Å². The van der Waals surface area contributed by atoms with Gasteiger partial charge in [-0.15, -0.1) is 0 Å². The van der Waals surface area contributed by atoms with E-state index in [9.17, 15) is 9.59 Å². The monoisotopic (exact) mass is 314 g/mol. The number of amides is 2. The van der Waals surface area contributed by atoms with Crippen LogP contribution in [0.5, 0.6) is 0 Å². The summed E-state index contributed by atoms with van der Waals surface area (Å²) in [6, 6.07) is 5.45. The molecule has 1 aromatic rings. The Hall–Kier alpha value is -1.40. The van der Waals surface area contributed by atoms with Gasteiger partial charge in [0, 0.05) is 18.1 Å². The third-order valence-corrected chi connectivity index (χ3v) is 2.83. The van der Waals surface area contributed by atoms with Gasteiger partial charge in [0.25, 0.3) is 0 Å². The van der Waals surface area contributed by atoms with Gasteiger partial charge >= 0.3 is 11.8 Å². The number of anilines is 1. The van der Waals surface area contributed by atoms with Crippen LogP contribution in [0.1, 0.15) is 5.56 Å². The number of aryl methyl sites for hydroxylation is 1. The molecule has 0 aliphatic carbocycles. The molecular weight excluding hydrogens is 300 g/mol. The minimum Gasteiger partial charge on any atom is -0.383 e. The van der Waals surface area contributed by atoms with Crippen molar-refractivity contribution in [2.24, 2.45) is 0 Å². The lowest BCUT2D eigenvalue weighted by Crippen LogP contribution is -2.37. The van der Waals surface area contributed by atoms with Gasteiger partial charge in [-0.2, -0.15) is 0 Å². The zero-order chi connectivity index (χ0) is 13.5. The molecule has 0 spiro atoms. The predicted octanol–water partition coefficient (Wildman–Crippen LogP) is 1.46. The lowest BCUT2D eigenvalue weighted by Gasteiger charge is -2.08. The van der Waals surface area contributed by atoms with E-state index in [-0.39, 0.29) is 0 Å². The highest BCUT2D eigenvalue weighted by Gasteiger charge is 2.14. The summed E-state index contributed by atoms with van der Waals surface area (Å²) in [5, 5.41) is 4.97. The Morgan fingerprint density at radius 2 is 2.06 bits per heavy atom. The van der Waals surface area contributed by atoms with Crippen LogP contribution in [0.3, 0.4) is 0 Å². The van der Waals surface area contributed by atoms with Crippen LogP contribution >= 0.6 is 15.9 Å². The van der Waals surface area contributed by atoms with E-state index in [4.69, 9.17) is 4.74 Å². The maximum atomic E-state index is 11.6. The largest absolute Gasteiger partial charge is 0.383 e. The number of hydrogen-bond donors (Lipinski definition) is 2. The summed E-state index contributed by atoms with van der Waals surface area (Å²) < 4.78 is 5.51. The Balaban J connectivity index is 2.56. The Labute approximate surface area is 114 Å². The third kappa shape index (κ3) is 4.46. The molecule has 0 bridgehead atoms. The molecule has 0 heterocycles. The van der Waals surface area contributed by atoms with E-state index < -0.39 is 11.8 Å². The highest BCUT2D eigenvalue weighted by Crippen LogP contribution is 2.23. The molecule has 0 saturated carbocycles. The number of carbonyl (C=O) groups is 2. The molecule has 0 aromatic heterocycles. The number of rotatable bonds is 4. The first kappa shape index (κ1) is 14.7. The zero-order valence-corrected chi connectivity index (χ0v) is 11.8. The molecular formula is C12H15BrN2O3. The van der Waals surface area contributed by atoms with Crippen molar-refractivity contribution in [2.45, 2.75) is 6.92 Å². The van der Waals surface area contributed by atoms with Crippen molar-refractivity contribution < 1.29 is 14.3 Å². The molecule has 18 heavy (non-hydrogen) atoms. The van der Waals surface area contributed by atoms with Crippen LogP contribution in [0.4, 0.5) is 5.69 Å². The topological polar surface area (TPSA) is 67.4 Å². The van der Waals surface area contributed by atoms with Crippen LogP contribution in [0.25, 0.3) is 0 Å². The van der Waals surface area contributed by atoms with E-state index in [1.165, 1.54) is 7.11 Å². The lowest BCUT2D eigenvalue weighted by molar-refractivity contribution is -0.136. The van der Waals surface area contributed by atoms with Crippen LogP contribution in [-0.2, 0) is 14.3 Å². The SMILES string of the molecule is COCCNC(=O)C(=O)Nc1ccc(C)cc1Br. The van der Waals surface area contributed by atoms with E-state index in [1.54, 1.807) is 6.07 Å². The smallest absolute Gasteiger partial charge is 0.313 e. The van der Waals surface area contributed by atoms with Gasteiger partial charge in [-0.05, 0) is 40.5 Å². The molecule has 0 atom stereocenters. The van der Waals surface area contributed by atoms with Crippen molar-refractivity contribution in [3.63, 3.8) is 0 Å². The first-order valence-electron chi connectivity index (χ1n) is 5.39. The summed E-state index contributed by atoms with van der Waals surface area (Å²) in [6.45, 7) is 2.61. The normalized spacial score (nSPS) is 9.94. The van der Waals surface area contributed by atoms with Crippen molar-refractivity contribution in [2.75, 3.05) is 25.6 Å². The van der Waals surface area contributed by atoms with Crippen molar-refractivity contribution in [3.8, 4) is 0 Å². The van der Waals surface area contributed by atoms with Crippen molar-refractivity contribution >= 4 is 33.4 Å². The fraction of sp³-hybridized carbons (Fsp3) is 0.333. The third-order valence-electron chi connectivity index (χ3n) is 2.17. The summed E-state index contributed by atoms with van der Waals surface area (Å²) in [5.74, 6) is -1.38. The maximum absolute atomic E-state index is 11.6. The number of carbonyl (C=O) groups excluding carboxylic acids is 2. The Morgan fingerprint density at radius 1 is 1.33 bits per heavy atom. The van der Waals surface area contributed by atoms with Gasteiger partial charge in [0.2, 0.25) is 0 Å². The number of hydrogen-bond acceptors (Lipinski definition) is 3. The molecule has 2 N–H and O–H groups in total. The van der Waals surface area contributed by atoms with Gasteiger partial charge in [0.1, 0.15) is 0 Å². The lowest BCUT2D eigenvalue weighted by atomic mass is 10.2. The molecule has 5 nitrogen and oxygen atoms in total. The summed E-state index contributed by atoms with van der Waals surface area (Å²) >= 11 is 3.32. The van der Waals surface area contributed by atoms with Crippen LogP contribution in [-0.4, -0.2) is 32.1 Å². The van der Waals surface area contributed by atoms with Crippen molar-refractivity contribution in [1.29, 1.82) is 0 Å². The number of methoxy groups -OCH3 is 1. The number of nitrogens with one attached hydrogen (secondary N) is 2. The molecule has 6 heteroatoms. The second-order valence-electron chi connectivity index (χ2n) is 3.69. The molecule has 0 aliphatic heterocycles. The number of ether oxygens (including phenoxy) is 1. The second-order valence-corrected chi connectivity index (χ2v) is 4.54. The standard InChI is InChI=1S/C12H15BrN2O3/c1-8-3-4-10(9(13)7-8)15-12(17)11(16)14-5-6-18-2/h3-4,7H,5-6H2,1-2H3,(H,14,16)(H,15,17). The van der Waals surface area contributed by atoms with Gasteiger partial charge in [-0.25, -0.2) is 0 Å². The minimum absolute atomic E-state index is 0.303. The van der Waals surface area contributed by atoms with Crippen LogP contribution in [0.15, 0.2) is 22.7 Å². The summed E-state index contributed by atoms with van der Waals surface area (Å²) in [7, 11) is 1.52. The summed E-state index contributed by atoms with van der Waals surface area (Å²) in [4.78, 5) is 23.0. The quantitative estimate of drug-likeness (QED) is 0.653. The molecule has 1 aromatic carbocycles. The van der Waals surface area contributed by atoms with Crippen LogP contribution < -0.4 is 10.6 Å². The summed E-state index contributed by atoms with van der Waals surface area (Å²) in [5.41, 5.74) is 1.62. The first-order valence-corrected chi connectivity index (χ1v) is 6.18. The Morgan fingerprint density at radius 3 is 2.67 bits per heavy atom. The fourth-order valence-corrected chi connectivity index (χ4v) is 1.84. The molecule has 0 radical (unpaired) electrons. The van der Waals surface area contributed by atoms with Crippen LogP contribution in [0, 0.1) is 6.92 Å². The second kappa shape index (κ2) is 7.13. The van der Waals surface area contributed by atoms with Gasteiger partial charge < -0.3 is 15.4 Å². The van der Waals surface area contributed by atoms with E-state index in [0.29, 0.717) is 18.8 Å². The molecule has 0 unspecified atom stereocenters. The predicted molar refractivity (Wildman–Crippen MR) is 72.4 cm³/mol. The molecule has 98 valence electrons. The number of benzene rings is 1. The fourth-order valence-electron chi connectivity index (χ4n) is 1.25. The van der Waals surface area contributed by atoms with E-state index >= 15 is 0 Å². The van der Waals surface area contributed by atoms with Gasteiger partial charge in [0.15, 0.2) is 0 Å². The van der Waals surface area contributed by atoms with Gasteiger partial charge in [-0.3, -0.25) is 9.59 Å². The van der Waals surface area contributed by atoms with E-state index in [2.05, 4.69) is 26.6 Å². The molecule has 0 saturated heterocycles. The molecule has 1 rings (SSSR count). The van der Waals surface area contributed by atoms with Crippen molar-refractivity contribution in [1.82, 2.24) is 5.32 Å². The maximum Gasteiger partial charge on any atom is 0.313 e. The Bertz CT molecular complexity index is 449. The zero-order valence-electron chi connectivity index (χ0n) is 10.2. The average Bonchev–Trinajstić information content (AvgIpc) is 2.32.